The number of morpholine rings is 1. The number of pyridine rings is 1. The molecule has 0 bridgehead atoms. The van der Waals surface area contributed by atoms with Crippen molar-refractivity contribution in [1.29, 1.82) is 0 Å². The molecule has 8 heteroatoms. The third-order valence-electron chi connectivity index (χ3n) is 4.34. The number of benzene rings is 1. The van der Waals surface area contributed by atoms with E-state index in [2.05, 4.69) is 10.3 Å². The van der Waals surface area contributed by atoms with Crippen molar-refractivity contribution in [3.63, 3.8) is 0 Å². The van der Waals surface area contributed by atoms with E-state index in [9.17, 15) is 14.4 Å². The molecule has 0 aliphatic carbocycles. The number of carboxylic acids is 1. The number of hydrogen-bond donors (Lipinski definition) is 2. The van der Waals surface area contributed by atoms with Crippen molar-refractivity contribution in [2.45, 2.75) is 26.1 Å². The zero-order chi connectivity index (χ0) is 20.3. The molecule has 3 rings (SSSR count). The van der Waals surface area contributed by atoms with Gasteiger partial charge in [-0.25, -0.2) is 9.78 Å². The first-order valence-electron chi connectivity index (χ1n) is 8.89. The van der Waals surface area contributed by atoms with Crippen LogP contribution in [0.25, 0.3) is 0 Å². The summed E-state index contributed by atoms with van der Waals surface area (Å²) in [6.45, 7) is 4.96. The Balaban J connectivity index is 1.64. The van der Waals surface area contributed by atoms with E-state index < -0.39 is 11.9 Å². The second kappa shape index (κ2) is 8.18. The summed E-state index contributed by atoms with van der Waals surface area (Å²) in [6, 6.07) is 9.28. The first-order valence-corrected chi connectivity index (χ1v) is 8.89. The standard InChI is InChI=1S/C20H21N3O5/c1-12-10-23(11-13(2)28-12)19(25)14-3-6-16(7-4-14)22-18(24)15-5-8-17(20(26)27)21-9-15/h3-9,12-13H,10-11H2,1-2H3,(H,22,24)(H,26,27). The highest BCUT2D eigenvalue weighted by Crippen LogP contribution is 2.17. The van der Waals surface area contributed by atoms with Crippen LogP contribution >= 0.6 is 0 Å². The fourth-order valence-corrected chi connectivity index (χ4v) is 3.08. The fraction of sp³-hybridized carbons (Fsp3) is 0.300. The van der Waals surface area contributed by atoms with Crippen LogP contribution in [0.5, 0.6) is 0 Å². The number of ether oxygens (including phenoxy) is 1. The summed E-state index contributed by atoms with van der Waals surface area (Å²) in [6.07, 6.45) is 1.19. The number of carbonyl (C=O) groups excluding carboxylic acids is 2. The summed E-state index contributed by atoms with van der Waals surface area (Å²) in [5.41, 5.74) is 1.16. The number of rotatable bonds is 4. The van der Waals surface area contributed by atoms with Crippen LogP contribution in [-0.4, -0.2) is 58.1 Å². The Bertz CT molecular complexity index is 870. The highest BCUT2D eigenvalue weighted by atomic mass is 16.5. The second-order valence-electron chi connectivity index (χ2n) is 6.74. The summed E-state index contributed by atoms with van der Waals surface area (Å²) in [5.74, 6) is -1.65. The zero-order valence-corrected chi connectivity index (χ0v) is 15.6. The summed E-state index contributed by atoms with van der Waals surface area (Å²) in [5, 5.41) is 11.5. The van der Waals surface area contributed by atoms with Crippen LogP contribution < -0.4 is 5.32 Å². The number of anilines is 1. The number of carboxylic acid groups (broad SMARTS) is 1. The molecule has 2 heterocycles. The van der Waals surface area contributed by atoms with Crippen molar-refractivity contribution in [3.8, 4) is 0 Å². The molecule has 28 heavy (non-hydrogen) atoms. The van der Waals surface area contributed by atoms with E-state index in [1.54, 1.807) is 29.2 Å². The lowest BCUT2D eigenvalue weighted by Gasteiger charge is -2.35. The molecule has 0 saturated carbocycles. The molecule has 1 fully saturated rings. The minimum Gasteiger partial charge on any atom is -0.477 e. The van der Waals surface area contributed by atoms with E-state index in [-0.39, 0.29) is 29.4 Å². The molecule has 2 N–H and O–H groups in total. The molecule has 1 aromatic heterocycles. The highest BCUT2D eigenvalue weighted by molar-refractivity contribution is 6.04. The Morgan fingerprint density at radius 3 is 2.18 bits per heavy atom. The van der Waals surface area contributed by atoms with E-state index in [1.807, 2.05) is 13.8 Å². The van der Waals surface area contributed by atoms with Gasteiger partial charge in [0.2, 0.25) is 0 Å². The Hall–Kier alpha value is -3.26. The Kier molecular flexibility index (Phi) is 5.70. The molecule has 1 aliphatic heterocycles. The van der Waals surface area contributed by atoms with Gasteiger partial charge in [0, 0.05) is 30.5 Å². The van der Waals surface area contributed by atoms with Crippen molar-refractivity contribution in [1.82, 2.24) is 9.88 Å². The maximum Gasteiger partial charge on any atom is 0.354 e. The van der Waals surface area contributed by atoms with E-state index >= 15 is 0 Å². The number of carbonyl (C=O) groups is 3. The van der Waals surface area contributed by atoms with Gasteiger partial charge in [-0.15, -0.1) is 0 Å². The molecular weight excluding hydrogens is 362 g/mol. The topological polar surface area (TPSA) is 109 Å². The Morgan fingerprint density at radius 2 is 1.64 bits per heavy atom. The van der Waals surface area contributed by atoms with Crippen LogP contribution in [0.4, 0.5) is 5.69 Å². The van der Waals surface area contributed by atoms with Crippen molar-refractivity contribution >= 4 is 23.5 Å². The molecule has 2 amide bonds. The van der Waals surface area contributed by atoms with Gasteiger partial charge in [0.1, 0.15) is 5.69 Å². The summed E-state index contributed by atoms with van der Waals surface area (Å²) in [7, 11) is 0. The number of aromatic nitrogens is 1. The minimum absolute atomic E-state index is 0.00705. The molecule has 0 radical (unpaired) electrons. The van der Waals surface area contributed by atoms with Crippen LogP contribution in [0.1, 0.15) is 45.1 Å². The van der Waals surface area contributed by atoms with Crippen molar-refractivity contribution in [2.75, 3.05) is 18.4 Å². The highest BCUT2D eigenvalue weighted by Gasteiger charge is 2.26. The number of aromatic carboxylic acids is 1. The Morgan fingerprint density at radius 1 is 1.04 bits per heavy atom. The molecule has 2 aromatic rings. The normalized spacial score (nSPS) is 19.1. The lowest BCUT2D eigenvalue weighted by atomic mass is 10.1. The average Bonchev–Trinajstić information content (AvgIpc) is 2.67. The van der Waals surface area contributed by atoms with Gasteiger partial charge >= 0.3 is 5.97 Å². The van der Waals surface area contributed by atoms with Gasteiger partial charge in [-0.05, 0) is 50.2 Å². The lowest BCUT2D eigenvalue weighted by molar-refractivity contribution is -0.0586. The molecule has 2 unspecified atom stereocenters. The monoisotopic (exact) mass is 383 g/mol. The number of nitrogens with zero attached hydrogens (tertiary/aromatic N) is 2. The number of nitrogens with one attached hydrogen (secondary N) is 1. The third kappa shape index (κ3) is 4.52. The second-order valence-corrected chi connectivity index (χ2v) is 6.74. The number of hydrogen-bond acceptors (Lipinski definition) is 5. The van der Waals surface area contributed by atoms with Gasteiger partial charge in [0.15, 0.2) is 0 Å². The predicted octanol–water partition coefficient (Wildman–Crippen LogP) is 2.28. The maximum atomic E-state index is 12.7. The van der Waals surface area contributed by atoms with Crippen molar-refractivity contribution in [3.05, 3.63) is 59.4 Å². The van der Waals surface area contributed by atoms with Crippen LogP contribution in [0.3, 0.4) is 0 Å². The first kappa shape index (κ1) is 19.5. The quantitative estimate of drug-likeness (QED) is 0.838. The molecule has 1 aliphatic rings. The summed E-state index contributed by atoms with van der Waals surface area (Å²) in [4.78, 5) is 41.2. The van der Waals surface area contributed by atoms with E-state index in [1.165, 1.54) is 18.3 Å². The van der Waals surface area contributed by atoms with Crippen LogP contribution in [0.2, 0.25) is 0 Å². The molecule has 1 aromatic carbocycles. The predicted molar refractivity (Wildman–Crippen MR) is 102 cm³/mol. The van der Waals surface area contributed by atoms with Crippen LogP contribution in [-0.2, 0) is 4.74 Å². The SMILES string of the molecule is CC1CN(C(=O)c2ccc(NC(=O)c3ccc(C(=O)O)nc3)cc2)CC(C)O1. The van der Waals surface area contributed by atoms with Gasteiger partial charge in [0.05, 0.1) is 17.8 Å². The molecule has 0 spiro atoms. The van der Waals surface area contributed by atoms with Gasteiger partial charge in [-0.1, -0.05) is 0 Å². The van der Waals surface area contributed by atoms with E-state index in [0.29, 0.717) is 24.3 Å². The fourth-order valence-electron chi connectivity index (χ4n) is 3.08. The summed E-state index contributed by atoms with van der Waals surface area (Å²) >= 11 is 0. The maximum absolute atomic E-state index is 12.7. The van der Waals surface area contributed by atoms with Gasteiger partial charge in [0.25, 0.3) is 11.8 Å². The molecule has 8 nitrogen and oxygen atoms in total. The molecular formula is C20H21N3O5. The summed E-state index contributed by atoms with van der Waals surface area (Å²) < 4.78 is 5.65. The van der Waals surface area contributed by atoms with E-state index in [4.69, 9.17) is 9.84 Å². The molecule has 1 saturated heterocycles. The van der Waals surface area contributed by atoms with Crippen LogP contribution in [0.15, 0.2) is 42.6 Å². The van der Waals surface area contributed by atoms with Crippen molar-refractivity contribution < 1.29 is 24.2 Å². The van der Waals surface area contributed by atoms with Crippen molar-refractivity contribution in [2.24, 2.45) is 0 Å². The van der Waals surface area contributed by atoms with Gasteiger partial charge in [-0.2, -0.15) is 0 Å². The van der Waals surface area contributed by atoms with E-state index in [0.717, 1.165) is 0 Å². The first-order chi connectivity index (χ1) is 13.3. The largest absolute Gasteiger partial charge is 0.477 e. The van der Waals surface area contributed by atoms with Gasteiger partial charge in [-0.3, -0.25) is 9.59 Å². The zero-order valence-electron chi connectivity index (χ0n) is 15.6. The van der Waals surface area contributed by atoms with Crippen LogP contribution in [0, 0.1) is 0 Å². The average molecular weight is 383 g/mol. The third-order valence-corrected chi connectivity index (χ3v) is 4.34. The van der Waals surface area contributed by atoms with Gasteiger partial charge < -0.3 is 20.1 Å². The smallest absolute Gasteiger partial charge is 0.354 e. The lowest BCUT2D eigenvalue weighted by Crippen LogP contribution is -2.48. The Labute approximate surface area is 162 Å². The molecule has 2 atom stereocenters. The number of amides is 2. The molecule has 146 valence electrons. The minimum atomic E-state index is -1.16.